The van der Waals surface area contributed by atoms with E-state index in [1.165, 1.54) is 84.2 Å². The topological polar surface area (TPSA) is 6.48 Å². The zero-order chi connectivity index (χ0) is 10.3. The Kier molecular flexibility index (Phi) is 4.94. The van der Waals surface area contributed by atoms with E-state index in [0.717, 1.165) is 0 Å². The van der Waals surface area contributed by atoms with Gasteiger partial charge in [0.2, 0.25) is 0 Å². The quantitative estimate of drug-likeness (QED) is 0.703. The van der Waals surface area contributed by atoms with Crippen LogP contribution in [0.3, 0.4) is 0 Å². The summed E-state index contributed by atoms with van der Waals surface area (Å²) in [7, 11) is 0. The monoisotopic (exact) mass is 210 g/mol. The normalized spacial score (nSPS) is 25.6. The van der Waals surface area contributed by atoms with Crippen molar-refractivity contribution in [2.24, 2.45) is 0 Å². The fraction of sp³-hybridized carbons (Fsp3) is 1.00. The minimum absolute atomic E-state index is 1.34. The Balaban J connectivity index is 1.55. The van der Waals surface area contributed by atoms with Crippen LogP contribution >= 0.6 is 0 Å². The van der Waals surface area contributed by atoms with Crippen LogP contribution in [0.2, 0.25) is 0 Å². The maximum atomic E-state index is 2.68. The predicted molar refractivity (Wildman–Crippen MR) is 65.2 cm³/mol. The van der Waals surface area contributed by atoms with Crippen molar-refractivity contribution >= 4 is 0 Å². The van der Waals surface area contributed by atoms with Gasteiger partial charge in [-0.25, -0.2) is 0 Å². The van der Waals surface area contributed by atoms with Crippen molar-refractivity contribution in [3.8, 4) is 0 Å². The molecule has 2 heteroatoms. The summed E-state index contributed by atoms with van der Waals surface area (Å²) in [6.07, 6.45) is 10.0. The first-order chi connectivity index (χ1) is 7.45. The summed E-state index contributed by atoms with van der Waals surface area (Å²) in [5, 5.41) is 0. The molecule has 0 N–H and O–H groups in total. The second-order valence-corrected chi connectivity index (χ2v) is 5.16. The van der Waals surface area contributed by atoms with E-state index in [0.29, 0.717) is 0 Å². The lowest BCUT2D eigenvalue weighted by Gasteiger charge is -2.21. The highest BCUT2D eigenvalue weighted by Gasteiger charge is 2.12. The lowest BCUT2D eigenvalue weighted by atomic mass is 10.2. The Morgan fingerprint density at radius 1 is 0.533 bits per heavy atom. The summed E-state index contributed by atoms with van der Waals surface area (Å²) in [5.41, 5.74) is 0. The molecular weight excluding hydrogens is 184 g/mol. The number of hydrogen-bond donors (Lipinski definition) is 0. The largest absolute Gasteiger partial charge is 0.303 e. The van der Waals surface area contributed by atoms with Crippen LogP contribution in [-0.4, -0.2) is 49.1 Å². The molecule has 0 unspecified atom stereocenters. The van der Waals surface area contributed by atoms with Gasteiger partial charge in [0.15, 0.2) is 0 Å². The van der Waals surface area contributed by atoms with Crippen molar-refractivity contribution in [2.45, 2.75) is 44.9 Å². The summed E-state index contributed by atoms with van der Waals surface area (Å²) in [4.78, 5) is 5.32. The van der Waals surface area contributed by atoms with Gasteiger partial charge in [-0.15, -0.1) is 0 Å². The number of likely N-dealkylation sites (tertiary alicyclic amines) is 2. The standard InChI is InChI=1S/C13H26N2/c1-2-4-9-14(8-3-1)12-7-13-15-10-5-6-11-15/h1-13H2. The van der Waals surface area contributed by atoms with Gasteiger partial charge in [0, 0.05) is 0 Å². The van der Waals surface area contributed by atoms with E-state index in [-0.39, 0.29) is 0 Å². The third kappa shape index (κ3) is 4.12. The number of rotatable bonds is 4. The van der Waals surface area contributed by atoms with E-state index in [2.05, 4.69) is 9.80 Å². The Bertz CT molecular complexity index is 156. The fourth-order valence-corrected chi connectivity index (χ4v) is 2.88. The number of nitrogens with zero attached hydrogens (tertiary/aromatic N) is 2. The van der Waals surface area contributed by atoms with Gasteiger partial charge in [-0.3, -0.25) is 0 Å². The summed E-state index contributed by atoms with van der Waals surface area (Å²) >= 11 is 0. The van der Waals surface area contributed by atoms with Gasteiger partial charge in [0.1, 0.15) is 0 Å². The molecule has 0 aromatic carbocycles. The molecule has 0 aliphatic carbocycles. The van der Waals surface area contributed by atoms with Gasteiger partial charge >= 0.3 is 0 Å². The van der Waals surface area contributed by atoms with Crippen LogP contribution in [0.25, 0.3) is 0 Å². The highest BCUT2D eigenvalue weighted by atomic mass is 15.2. The highest BCUT2D eigenvalue weighted by molar-refractivity contribution is 4.68. The van der Waals surface area contributed by atoms with Gasteiger partial charge < -0.3 is 9.80 Å². The second-order valence-electron chi connectivity index (χ2n) is 5.16. The van der Waals surface area contributed by atoms with Gasteiger partial charge in [-0.1, -0.05) is 12.8 Å². The van der Waals surface area contributed by atoms with Gasteiger partial charge in [-0.2, -0.15) is 0 Å². The SMILES string of the molecule is C1CCCN(CCCN2CCCC2)CC1. The zero-order valence-corrected chi connectivity index (χ0v) is 10.1. The van der Waals surface area contributed by atoms with E-state index in [1.807, 2.05) is 0 Å². The van der Waals surface area contributed by atoms with Crippen LogP contribution in [0.4, 0.5) is 0 Å². The minimum Gasteiger partial charge on any atom is -0.303 e. The van der Waals surface area contributed by atoms with Crippen LogP contribution in [0.1, 0.15) is 44.9 Å². The molecule has 2 aliphatic heterocycles. The molecule has 0 radical (unpaired) electrons. The van der Waals surface area contributed by atoms with Crippen LogP contribution in [0.15, 0.2) is 0 Å². The molecule has 0 bridgehead atoms. The van der Waals surface area contributed by atoms with E-state index < -0.39 is 0 Å². The molecule has 0 aromatic rings. The van der Waals surface area contributed by atoms with E-state index in [4.69, 9.17) is 0 Å². The molecule has 0 saturated carbocycles. The average molecular weight is 210 g/mol. The molecule has 2 heterocycles. The summed E-state index contributed by atoms with van der Waals surface area (Å²) in [6, 6.07) is 0. The third-order valence-electron chi connectivity index (χ3n) is 3.85. The molecule has 2 aliphatic rings. The van der Waals surface area contributed by atoms with Crippen LogP contribution < -0.4 is 0 Å². The van der Waals surface area contributed by atoms with Crippen molar-refractivity contribution in [1.29, 1.82) is 0 Å². The Hall–Kier alpha value is -0.0800. The molecule has 2 nitrogen and oxygen atoms in total. The first-order valence-electron chi connectivity index (χ1n) is 6.90. The van der Waals surface area contributed by atoms with E-state index in [9.17, 15) is 0 Å². The maximum Gasteiger partial charge on any atom is -0.000655 e. The van der Waals surface area contributed by atoms with Crippen molar-refractivity contribution in [2.75, 3.05) is 39.3 Å². The third-order valence-corrected chi connectivity index (χ3v) is 3.85. The maximum absolute atomic E-state index is 2.68. The molecule has 2 rings (SSSR count). The summed E-state index contributed by atoms with van der Waals surface area (Å²) in [5.74, 6) is 0. The molecule has 15 heavy (non-hydrogen) atoms. The Labute approximate surface area is 94.6 Å². The number of hydrogen-bond acceptors (Lipinski definition) is 2. The molecule has 0 amide bonds. The first-order valence-corrected chi connectivity index (χ1v) is 6.90. The van der Waals surface area contributed by atoms with E-state index in [1.54, 1.807) is 0 Å². The van der Waals surface area contributed by atoms with Gasteiger partial charge in [0.05, 0.1) is 0 Å². The lowest BCUT2D eigenvalue weighted by Crippen LogP contribution is -2.29. The fourth-order valence-electron chi connectivity index (χ4n) is 2.88. The van der Waals surface area contributed by atoms with Crippen molar-refractivity contribution in [3.63, 3.8) is 0 Å². The van der Waals surface area contributed by atoms with Crippen LogP contribution in [0, 0.1) is 0 Å². The summed E-state index contributed by atoms with van der Waals surface area (Å²) < 4.78 is 0. The second kappa shape index (κ2) is 6.49. The van der Waals surface area contributed by atoms with Crippen molar-refractivity contribution in [3.05, 3.63) is 0 Å². The van der Waals surface area contributed by atoms with Crippen LogP contribution in [0.5, 0.6) is 0 Å². The Morgan fingerprint density at radius 2 is 0.933 bits per heavy atom. The molecule has 88 valence electrons. The highest BCUT2D eigenvalue weighted by Crippen LogP contribution is 2.11. The average Bonchev–Trinajstić information content (AvgIpc) is 2.62. The predicted octanol–water partition coefficient (Wildman–Crippen LogP) is 2.35. The molecule has 2 fully saturated rings. The molecule has 0 spiro atoms. The molecule has 0 aromatic heterocycles. The van der Waals surface area contributed by atoms with E-state index >= 15 is 0 Å². The van der Waals surface area contributed by atoms with Gasteiger partial charge in [-0.05, 0) is 71.4 Å². The zero-order valence-electron chi connectivity index (χ0n) is 10.1. The smallest absolute Gasteiger partial charge is 0.000655 e. The summed E-state index contributed by atoms with van der Waals surface area (Å²) in [6.45, 7) is 8.13. The minimum atomic E-state index is 1.34. The Morgan fingerprint density at radius 3 is 1.40 bits per heavy atom. The van der Waals surface area contributed by atoms with Crippen molar-refractivity contribution in [1.82, 2.24) is 9.80 Å². The van der Waals surface area contributed by atoms with Crippen LogP contribution in [-0.2, 0) is 0 Å². The molecular formula is C13H26N2. The lowest BCUT2D eigenvalue weighted by molar-refractivity contribution is 0.252. The van der Waals surface area contributed by atoms with Crippen molar-refractivity contribution < 1.29 is 0 Å². The molecule has 0 atom stereocenters. The molecule has 2 saturated heterocycles. The first kappa shape index (κ1) is 11.4. The van der Waals surface area contributed by atoms with Gasteiger partial charge in [0.25, 0.3) is 0 Å².